The molecule has 1 aliphatic heterocycles. The van der Waals surface area contributed by atoms with Crippen molar-refractivity contribution in [1.82, 2.24) is 20.2 Å². The molecule has 0 bridgehead atoms. The Bertz CT molecular complexity index is 910. The van der Waals surface area contributed by atoms with Crippen LogP contribution in [-0.4, -0.2) is 51.7 Å². The van der Waals surface area contributed by atoms with Crippen molar-refractivity contribution in [2.24, 2.45) is 5.92 Å². The van der Waals surface area contributed by atoms with Gasteiger partial charge in [-0.1, -0.05) is 43.7 Å². The van der Waals surface area contributed by atoms with E-state index in [4.69, 9.17) is 4.74 Å². The molecule has 1 aromatic heterocycles. The van der Waals surface area contributed by atoms with Crippen LogP contribution in [0.25, 0.3) is 11.3 Å². The van der Waals surface area contributed by atoms with Crippen LogP contribution in [-0.2, 0) is 14.3 Å². The van der Waals surface area contributed by atoms with Crippen LogP contribution in [0.4, 0.5) is 4.39 Å². The average molecular weight is 431 g/mol. The third kappa shape index (κ3) is 5.50. The third-order valence-electron chi connectivity index (χ3n) is 5.49. The van der Waals surface area contributed by atoms with Crippen molar-refractivity contribution in [2.45, 2.75) is 65.6 Å². The molecule has 31 heavy (non-hydrogen) atoms. The number of rotatable bonds is 7. The number of ether oxygens (including phenoxy) is 1. The molecule has 8 heteroatoms. The van der Waals surface area contributed by atoms with Crippen LogP contribution in [0.5, 0.6) is 0 Å². The number of carbonyl (C=O) groups is 2. The summed E-state index contributed by atoms with van der Waals surface area (Å²) in [6.45, 7) is 8.74. The van der Waals surface area contributed by atoms with Crippen molar-refractivity contribution >= 4 is 11.8 Å². The Morgan fingerprint density at radius 3 is 2.52 bits per heavy atom. The zero-order valence-corrected chi connectivity index (χ0v) is 18.7. The number of imidazole rings is 1. The molecule has 2 amide bonds. The summed E-state index contributed by atoms with van der Waals surface area (Å²) in [5.74, 6) is 0.0254. The van der Waals surface area contributed by atoms with Crippen LogP contribution in [0, 0.1) is 12.8 Å². The second-order valence-corrected chi connectivity index (χ2v) is 8.51. The number of benzene rings is 1. The summed E-state index contributed by atoms with van der Waals surface area (Å²) in [6.07, 6.45) is 0.275. The summed E-state index contributed by atoms with van der Waals surface area (Å²) in [4.78, 5) is 34.5. The van der Waals surface area contributed by atoms with Crippen LogP contribution in [0.15, 0.2) is 30.5 Å². The fraction of sp³-hybridized carbons (Fsp3) is 0.522. The summed E-state index contributed by atoms with van der Waals surface area (Å²) in [5.41, 5.74) is 2.99. The van der Waals surface area contributed by atoms with Crippen LogP contribution >= 0.6 is 0 Å². The maximum atomic E-state index is 13.5. The van der Waals surface area contributed by atoms with E-state index in [0.29, 0.717) is 12.2 Å². The van der Waals surface area contributed by atoms with Crippen molar-refractivity contribution in [3.63, 3.8) is 0 Å². The largest absolute Gasteiger partial charge is 0.344 e. The van der Waals surface area contributed by atoms with Gasteiger partial charge in [0.2, 0.25) is 11.8 Å². The highest BCUT2D eigenvalue weighted by atomic mass is 19.1. The predicted octanol–water partition coefficient (Wildman–Crippen LogP) is 3.52. The number of carbonyl (C=O) groups excluding carboxylic acids is 2. The topological polar surface area (TPSA) is 87.3 Å². The minimum atomic E-state index is -1.43. The number of amides is 2. The molecule has 2 aromatic rings. The molecule has 1 saturated heterocycles. The summed E-state index contributed by atoms with van der Waals surface area (Å²) in [7, 11) is 0. The number of aromatic nitrogens is 2. The number of aromatic amines is 1. The third-order valence-corrected chi connectivity index (χ3v) is 5.49. The Labute approximate surface area is 182 Å². The van der Waals surface area contributed by atoms with Gasteiger partial charge in [-0.2, -0.15) is 0 Å². The van der Waals surface area contributed by atoms with Gasteiger partial charge in [-0.05, 0) is 25.3 Å². The first-order valence-electron chi connectivity index (χ1n) is 10.6. The fourth-order valence-corrected chi connectivity index (χ4v) is 3.96. The highest BCUT2D eigenvalue weighted by Gasteiger charge is 2.42. The monoisotopic (exact) mass is 430 g/mol. The number of likely N-dealkylation sites (tertiary alicyclic amines) is 1. The van der Waals surface area contributed by atoms with Gasteiger partial charge in [0.05, 0.1) is 24.0 Å². The highest BCUT2D eigenvalue weighted by Crippen LogP contribution is 2.34. The molecule has 0 aliphatic carbocycles. The first kappa shape index (κ1) is 22.9. The number of nitrogens with zero attached hydrogens (tertiary/aromatic N) is 2. The number of H-pyrrole nitrogens is 1. The number of hydrogen-bond donors (Lipinski definition) is 2. The Hall–Kier alpha value is -2.74. The lowest BCUT2D eigenvalue weighted by molar-refractivity contribution is -0.139. The van der Waals surface area contributed by atoms with E-state index in [9.17, 15) is 14.0 Å². The van der Waals surface area contributed by atoms with E-state index in [1.54, 1.807) is 11.1 Å². The Balaban J connectivity index is 1.89. The minimum absolute atomic E-state index is 0.100. The summed E-state index contributed by atoms with van der Waals surface area (Å²) in [5, 5.41) is 2.74. The standard InChI is InChI=1S/C23H31FN4O3/c1-13(2)21(26-16(5)29)23(30)28-12-18(31-15(4)24)10-20(28)22-25-11-19(27-22)17-8-6-14(3)7-9-17/h6-9,11,13,15,18,20-21H,10,12H2,1-5H3,(H,25,27)(H,26,29)/t15?,18-,20-,21-/m0/s1. The molecule has 0 saturated carbocycles. The predicted molar refractivity (Wildman–Crippen MR) is 116 cm³/mol. The molecule has 2 N–H and O–H groups in total. The molecule has 1 fully saturated rings. The Morgan fingerprint density at radius 2 is 1.94 bits per heavy atom. The minimum Gasteiger partial charge on any atom is -0.344 e. The number of halogens is 1. The van der Waals surface area contributed by atoms with Crippen LogP contribution in [0.1, 0.15) is 51.5 Å². The highest BCUT2D eigenvalue weighted by molar-refractivity contribution is 5.87. The van der Waals surface area contributed by atoms with Gasteiger partial charge in [-0.25, -0.2) is 9.37 Å². The summed E-state index contributed by atoms with van der Waals surface area (Å²) in [6, 6.07) is 6.99. The Morgan fingerprint density at radius 1 is 1.26 bits per heavy atom. The second-order valence-electron chi connectivity index (χ2n) is 8.51. The average Bonchev–Trinajstić information content (AvgIpc) is 3.32. The zero-order valence-electron chi connectivity index (χ0n) is 18.7. The van der Waals surface area contributed by atoms with E-state index >= 15 is 0 Å². The molecule has 4 atom stereocenters. The lowest BCUT2D eigenvalue weighted by Gasteiger charge is -2.30. The molecule has 1 unspecified atom stereocenters. The van der Waals surface area contributed by atoms with E-state index in [0.717, 1.165) is 16.8 Å². The molecule has 168 valence electrons. The van der Waals surface area contributed by atoms with E-state index < -0.39 is 24.5 Å². The summed E-state index contributed by atoms with van der Waals surface area (Å²) < 4.78 is 18.9. The van der Waals surface area contributed by atoms with Crippen LogP contribution < -0.4 is 5.32 Å². The Kier molecular flexibility index (Phi) is 7.10. The molecular weight excluding hydrogens is 399 g/mol. The first-order valence-corrected chi connectivity index (χ1v) is 10.6. The quantitative estimate of drug-likeness (QED) is 0.704. The smallest absolute Gasteiger partial charge is 0.246 e. The van der Waals surface area contributed by atoms with E-state index in [1.807, 2.05) is 45.0 Å². The second kappa shape index (κ2) is 9.60. The summed E-state index contributed by atoms with van der Waals surface area (Å²) >= 11 is 0. The number of hydrogen-bond acceptors (Lipinski definition) is 4. The maximum absolute atomic E-state index is 13.5. The van der Waals surface area contributed by atoms with Gasteiger partial charge < -0.3 is 19.9 Å². The lowest BCUT2D eigenvalue weighted by atomic mass is 10.0. The van der Waals surface area contributed by atoms with Crippen molar-refractivity contribution in [1.29, 1.82) is 0 Å². The van der Waals surface area contributed by atoms with Crippen molar-refractivity contribution in [3.05, 3.63) is 41.9 Å². The van der Waals surface area contributed by atoms with Gasteiger partial charge >= 0.3 is 0 Å². The number of nitrogens with one attached hydrogen (secondary N) is 2. The van der Waals surface area contributed by atoms with E-state index in [-0.39, 0.29) is 24.3 Å². The SMILES string of the molecule is CC(=O)N[C@H](C(=O)N1C[C@@H](OC(C)F)C[C@H]1c1ncc(-c2ccc(C)cc2)[nH]1)C(C)C. The molecule has 7 nitrogen and oxygen atoms in total. The van der Waals surface area contributed by atoms with Gasteiger partial charge in [0.1, 0.15) is 11.9 Å². The molecule has 1 aromatic carbocycles. The van der Waals surface area contributed by atoms with E-state index in [2.05, 4.69) is 15.3 Å². The number of aryl methyl sites for hydroxylation is 1. The molecule has 1 aliphatic rings. The van der Waals surface area contributed by atoms with Crippen molar-refractivity contribution < 1.29 is 18.7 Å². The van der Waals surface area contributed by atoms with Gasteiger partial charge in [0.15, 0.2) is 6.36 Å². The van der Waals surface area contributed by atoms with Gasteiger partial charge in [-0.3, -0.25) is 9.59 Å². The van der Waals surface area contributed by atoms with Crippen LogP contribution in [0.3, 0.4) is 0 Å². The maximum Gasteiger partial charge on any atom is 0.246 e. The van der Waals surface area contributed by atoms with E-state index in [1.165, 1.54) is 13.8 Å². The van der Waals surface area contributed by atoms with Crippen molar-refractivity contribution in [3.8, 4) is 11.3 Å². The van der Waals surface area contributed by atoms with Gasteiger partial charge in [0.25, 0.3) is 0 Å². The molecular formula is C23H31FN4O3. The fourth-order valence-electron chi connectivity index (χ4n) is 3.96. The zero-order chi connectivity index (χ0) is 22.7. The number of alkyl halides is 1. The van der Waals surface area contributed by atoms with Gasteiger partial charge in [0, 0.05) is 19.9 Å². The van der Waals surface area contributed by atoms with Crippen molar-refractivity contribution in [2.75, 3.05) is 6.54 Å². The molecule has 0 spiro atoms. The molecule has 0 radical (unpaired) electrons. The van der Waals surface area contributed by atoms with Gasteiger partial charge in [-0.15, -0.1) is 0 Å². The normalized spacial score (nSPS) is 20.7. The molecule has 3 rings (SSSR count). The first-order chi connectivity index (χ1) is 14.7. The lowest BCUT2D eigenvalue weighted by Crippen LogP contribution is -2.51. The molecule has 2 heterocycles. The van der Waals surface area contributed by atoms with Crippen LogP contribution in [0.2, 0.25) is 0 Å².